The van der Waals surface area contributed by atoms with E-state index in [1.165, 1.54) is 7.11 Å². The van der Waals surface area contributed by atoms with Gasteiger partial charge in [0.15, 0.2) is 0 Å². The van der Waals surface area contributed by atoms with Crippen LogP contribution in [0.2, 0.25) is 0 Å². The van der Waals surface area contributed by atoms with Crippen LogP contribution in [0.3, 0.4) is 0 Å². The molecule has 0 aromatic heterocycles. The molecular weight excluding hydrogens is 264 g/mol. The minimum Gasteiger partial charge on any atom is -0.481 e. The lowest BCUT2D eigenvalue weighted by molar-refractivity contribution is -0.143. The molecule has 7 nitrogen and oxygen atoms in total. The molecule has 1 saturated carbocycles. The van der Waals surface area contributed by atoms with Crippen LogP contribution >= 0.6 is 0 Å². The Morgan fingerprint density at radius 1 is 1.20 bits per heavy atom. The molecule has 1 rings (SSSR count). The summed E-state index contributed by atoms with van der Waals surface area (Å²) in [6, 6.07) is -0.792. The van der Waals surface area contributed by atoms with Crippen LogP contribution in [0.15, 0.2) is 0 Å². The Balaban J connectivity index is 2.41. The Labute approximate surface area is 118 Å². The van der Waals surface area contributed by atoms with Gasteiger partial charge in [-0.2, -0.15) is 0 Å². The molecule has 0 aliphatic heterocycles. The molecule has 0 radical (unpaired) electrons. The first-order chi connectivity index (χ1) is 9.54. The van der Waals surface area contributed by atoms with Gasteiger partial charge in [0.1, 0.15) is 0 Å². The van der Waals surface area contributed by atoms with Gasteiger partial charge in [0.05, 0.1) is 19.4 Å². The first-order valence-corrected chi connectivity index (χ1v) is 6.88. The monoisotopic (exact) mass is 286 g/mol. The average Bonchev–Trinajstić information content (AvgIpc) is 2.63. The summed E-state index contributed by atoms with van der Waals surface area (Å²) in [7, 11) is 1.28. The molecule has 0 heterocycles. The van der Waals surface area contributed by atoms with Crippen molar-refractivity contribution in [2.24, 2.45) is 5.92 Å². The summed E-state index contributed by atoms with van der Waals surface area (Å²) in [6.07, 6.45) is 4.13. The number of urea groups is 1. The Bertz CT molecular complexity index is 359. The lowest BCUT2D eigenvalue weighted by atomic mass is 9.95. The number of nitrogens with one attached hydrogen (secondary N) is 2. The highest BCUT2D eigenvalue weighted by molar-refractivity contribution is 5.77. The normalized spacial score (nSPS) is 22.4. The number of carbonyl (C=O) groups is 3. The number of carboxylic acid groups (broad SMARTS) is 1. The third-order valence-electron chi connectivity index (χ3n) is 3.49. The highest BCUT2D eigenvalue weighted by atomic mass is 16.5. The summed E-state index contributed by atoms with van der Waals surface area (Å²) >= 11 is 0. The minimum atomic E-state index is -0.869. The standard InChI is InChI=1S/C13H22N2O5/c1-20-11(16)7-8-14-13(19)15-10-6-4-2-3-5-9(10)12(17)18/h9-10H,2-8H2,1H3,(H,17,18)(H2,14,15,19). The SMILES string of the molecule is COC(=O)CCNC(=O)NC1CCCCCC1C(=O)O. The van der Waals surface area contributed by atoms with Crippen molar-refractivity contribution in [3.63, 3.8) is 0 Å². The molecular formula is C13H22N2O5. The largest absolute Gasteiger partial charge is 0.481 e. The molecule has 0 saturated heterocycles. The van der Waals surface area contributed by atoms with Crippen LogP contribution < -0.4 is 10.6 Å². The number of carbonyl (C=O) groups excluding carboxylic acids is 2. The predicted molar refractivity (Wildman–Crippen MR) is 71.2 cm³/mol. The summed E-state index contributed by atoms with van der Waals surface area (Å²) < 4.78 is 4.46. The smallest absolute Gasteiger partial charge is 0.315 e. The van der Waals surface area contributed by atoms with E-state index < -0.39 is 23.9 Å². The van der Waals surface area contributed by atoms with Crippen LogP contribution in [0.4, 0.5) is 4.79 Å². The molecule has 1 fully saturated rings. The maximum Gasteiger partial charge on any atom is 0.315 e. The van der Waals surface area contributed by atoms with Crippen LogP contribution in [-0.2, 0) is 14.3 Å². The molecule has 0 bridgehead atoms. The van der Waals surface area contributed by atoms with Gasteiger partial charge in [0.2, 0.25) is 0 Å². The minimum absolute atomic E-state index is 0.0942. The van der Waals surface area contributed by atoms with E-state index in [0.29, 0.717) is 12.8 Å². The second-order valence-corrected chi connectivity index (χ2v) is 4.92. The molecule has 0 spiro atoms. The van der Waals surface area contributed by atoms with E-state index in [0.717, 1.165) is 19.3 Å². The number of hydrogen-bond donors (Lipinski definition) is 3. The highest BCUT2D eigenvalue weighted by Crippen LogP contribution is 2.23. The van der Waals surface area contributed by atoms with Gasteiger partial charge in [-0.1, -0.05) is 19.3 Å². The van der Waals surface area contributed by atoms with Gasteiger partial charge in [0, 0.05) is 12.6 Å². The number of carboxylic acids is 1. The van der Waals surface area contributed by atoms with Crippen molar-refractivity contribution in [3.8, 4) is 0 Å². The Morgan fingerprint density at radius 3 is 2.55 bits per heavy atom. The maximum absolute atomic E-state index is 11.7. The van der Waals surface area contributed by atoms with Crippen LogP contribution in [-0.4, -0.2) is 42.8 Å². The maximum atomic E-state index is 11.7. The number of hydrogen-bond acceptors (Lipinski definition) is 4. The molecule has 1 aliphatic rings. The zero-order valence-electron chi connectivity index (χ0n) is 11.7. The van der Waals surface area contributed by atoms with Crippen molar-refractivity contribution in [1.29, 1.82) is 0 Å². The zero-order chi connectivity index (χ0) is 15.0. The lowest BCUT2D eigenvalue weighted by Gasteiger charge is -2.22. The van der Waals surface area contributed by atoms with Gasteiger partial charge in [-0.15, -0.1) is 0 Å². The molecule has 20 heavy (non-hydrogen) atoms. The number of aliphatic carboxylic acids is 1. The van der Waals surface area contributed by atoms with E-state index in [1.54, 1.807) is 0 Å². The van der Waals surface area contributed by atoms with Crippen LogP contribution in [0, 0.1) is 5.92 Å². The fourth-order valence-electron chi connectivity index (χ4n) is 2.38. The van der Waals surface area contributed by atoms with Crippen LogP contribution in [0.5, 0.6) is 0 Å². The Kier molecular flexibility index (Phi) is 6.83. The second-order valence-electron chi connectivity index (χ2n) is 4.92. The number of esters is 1. The van der Waals surface area contributed by atoms with E-state index in [2.05, 4.69) is 15.4 Å². The number of ether oxygens (including phenoxy) is 1. The molecule has 2 amide bonds. The highest BCUT2D eigenvalue weighted by Gasteiger charge is 2.30. The summed E-state index contributed by atoms with van der Waals surface area (Å²) in [5.41, 5.74) is 0. The quantitative estimate of drug-likeness (QED) is 0.514. The first kappa shape index (κ1) is 16.3. The van der Waals surface area contributed by atoms with E-state index in [4.69, 9.17) is 0 Å². The lowest BCUT2D eigenvalue weighted by Crippen LogP contribution is -2.47. The topological polar surface area (TPSA) is 105 Å². The van der Waals surface area contributed by atoms with Gasteiger partial charge in [-0.05, 0) is 12.8 Å². The number of rotatable bonds is 5. The second kappa shape index (κ2) is 8.39. The van der Waals surface area contributed by atoms with Gasteiger partial charge in [0.25, 0.3) is 0 Å². The molecule has 2 atom stereocenters. The third kappa shape index (κ3) is 5.46. The fraction of sp³-hybridized carbons (Fsp3) is 0.769. The fourth-order valence-corrected chi connectivity index (χ4v) is 2.38. The number of amides is 2. The van der Waals surface area contributed by atoms with Crippen LogP contribution in [0.1, 0.15) is 38.5 Å². The van der Waals surface area contributed by atoms with E-state index in [9.17, 15) is 19.5 Å². The first-order valence-electron chi connectivity index (χ1n) is 6.88. The van der Waals surface area contributed by atoms with Crippen molar-refractivity contribution < 1.29 is 24.2 Å². The van der Waals surface area contributed by atoms with Gasteiger partial charge in [-0.3, -0.25) is 9.59 Å². The molecule has 7 heteroatoms. The summed E-state index contributed by atoms with van der Waals surface area (Å²) in [6.45, 7) is 0.170. The van der Waals surface area contributed by atoms with E-state index in [1.807, 2.05) is 0 Å². The summed E-state index contributed by atoms with van der Waals surface area (Å²) in [4.78, 5) is 33.8. The Hall–Kier alpha value is -1.79. The molecule has 2 unspecified atom stereocenters. The average molecular weight is 286 g/mol. The molecule has 114 valence electrons. The van der Waals surface area contributed by atoms with Gasteiger partial charge < -0.3 is 20.5 Å². The summed E-state index contributed by atoms with van der Waals surface area (Å²) in [5.74, 6) is -1.81. The zero-order valence-corrected chi connectivity index (χ0v) is 11.7. The van der Waals surface area contributed by atoms with Crippen molar-refractivity contribution in [3.05, 3.63) is 0 Å². The molecule has 1 aliphatic carbocycles. The van der Waals surface area contributed by atoms with Gasteiger partial charge >= 0.3 is 18.0 Å². The van der Waals surface area contributed by atoms with Crippen molar-refractivity contribution in [2.45, 2.75) is 44.6 Å². The summed E-state index contributed by atoms with van der Waals surface area (Å²) in [5, 5.41) is 14.4. The van der Waals surface area contributed by atoms with Crippen molar-refractivity contribution >= 4 is 18.0 Å². The molecule has 0 aromatic rings. The Morgan fingerprint density at radius 2 is 1.90 bits per heavy atom. The van der Waals surface area contributed by atoms with Crippen LogP contribution in [0.25, 0.3) is 0 Å². The number of methoxy groups -OCH3 is 1. The van der Waals surface area contributed by atoms with E-state index in [-0.39, 0.29) is 19.0 Å². The van der Waals surface area contributed by atoms with Crippen molar-refractivity contribution in [1.82, 2.24) is 10.6 Å². The molecule has 3 N–H and O–H groups in total. The van der Waals surface area contributed by atoms with E-state index >= 15 is 0 Å². The van der Waals surface area contributed by atoms with Crippen molar-refractivity contribution in [2.75, 3.05) is 13.7 Å². The molecule has 0 aromatic carbocycles. The predicted octanol–water partition coefficient (Wildman–Crippen LogP) is 0.882. The third-order valence-corrected chi connectivity index (χ3v) is 3.49. The van der Waals surface area contributed by atoms with Gasteiger partial charge in [-0.25, -0.2) is 4.79 Å².